The summed E-state index contributed by atoms with van der Waals surface area (Å²) in [5.74, 6) is 0.342. The fourth-order valence-corrected chi connectivity index (χ4v) is 3.58. The quantitative estimate of drug-likeness (QED) is 0.540. The normalized spacial score (nSPS) is 11.0. The van der Waals surface area contributed by atoms with Gasteiger partial charge in [-0.05, 0) is 30.2 Å². The smallest absolute Gasteiger partial charge is 0.234 e. The zero-order valence-corrected chi connectivity index (χ0v) is 17.1. The van der Waals surface area contributed by atoms with E-state index in [1.807, 2.05) is 4.57 Å². The van der Waals surface area contributed by atoms with Crippen LogP contribution < -0.4 is 5.32 Å². The number of anilines is 1. The van der Waals surface area contributed by atoms with E-state index < -0.39 is 0 Å². The van der Waals surface area contributed by atoms with Crippen LogP contribution in [0.3, 0.4) is 0 Å². The third-order valence-corrected chi connectivity index (χ3v) is 5.16. The molecule has 0 saturated heterocycles. The average Bonchev–Trinajstić information content (AvgIpc) is 3.04. The van der Waals surface area contributed by atoms with Crippen molar-refractivity contribution >= 4 is 35.0 Å². The van der Waals surface area contributed by atoms with Gasteiger partial charge in [0.05, 0.1) is 22.0 Å². The number of thioether (sulfide) groups is 1. The lowest BCUT2D eigenvalue weighted by molar-refractivity contribution is -0.113. The maximum absolute atomic E-state index is 14.2. The minimum Gasteiger partial charge on any atom is -0.324 e. The first-order valence-electron chi connectivity index (χ1n) is 8.81. The van der Waals surface area contributed by atoms with Gasteiger partial charge in [0.25, 0.3) is 0 Å². The molecule has 1 amide bonds. The molecule has 28 heavy (non-hydrogen) atoms. The number of hydrogen-bond donors (Lipinski definition) is 1. The Hall–Kier alpha value is -2.38. The number of carbonyl (C=O) groups excluding carboxylic acids is 1. The van der Waals surface area contributed by atoms with Crippen LogP contribution in [0.15, 0.2) is 53.7 Å². The van der Waals surface area contributed by atoms with Gasteiger partial charge in [0.15, 0.2) is 11.0 Å². The first kappa shape index (κ1) is 20.4. The Labute approximate surface area is 172 Å². The van der Waals surface area contributed by atoms with Gasteiger partial charge >= 0.3 is 0 Å². The maximum Gasteiger partial charge on any atom is 0.234 e. The zero-order chi connectivity index (χ0) is 20.1. The number of amides is 1. The van der Waals surface area contributed by atoms with Crippen molar-refractivity contribution in [2.24, 2.45) is 5.92 Å². The van der Waals surface area contributed by atoms with Crippen LogP contribution in [0.1, 0.15) is 13.8 Å². The molecule has 2 aromatic carbocycles. The summed E-state index contributed by atoms with van der Waals surface area (Å²) in [4.78, 5) is 12.3. The molecule has 0 aliphatic heterocycles. The summed E-state index contributed by atoms with van der Waals surface area (Å²) >= 11 is 7.33. The molecule has 0 unspecified atom stereocenters. The van der Waals surface area contributed by atoms with E-state index in [-0.39, 0.29) is 17.5 Å². The summed E-state index contributed by atoms with van der Waals surface area (Å²) in [6.45, 7) is 4.73. The Kier molecular flexibility index (Phi) is 6.70. The molecule has 146 valence electrons. The third-order valence-electron chi connectivity index (χ3n) is 3.86. The standard InChI is InChI=1S/C20H20ClFN4OS/c1-13(2)11-26-19(14-7-3-5-9-16(14)22)24-25-20(26)28-12-18(27)23-17-10-6-4-8-15(17)21/h3-10,13H,11-12H2,1-2H3,(H,23,27). The van der Waals surface area contributed by atoms with Crippen molar-refractivity contribution in [1.82, 2.24) is 14.8 Å². The van der Waals surface area contributed by atoms with Gasteiger partial charge in [-0.2, -0.15) is 0 Å². The molecule has 1 heterocycles. The van der Waals surface area contributed by atoms with Crippen LogP contribution in [0.4, 0.5) is 10.1 Å². The summed E-state index contributed by atoms with van der Waals surface area (Å²) in [5.41, 5.74) is 0.952. The molecule has 0 saturated carbocycles. The fraction of sp³-hybridized carbons (Fsp3) is 0.250. The Morgan fingerprint density at radius 1 is 1.18 bits per heavy atom. The Morgan fingerprint density at radius 2 is 1.89 bits per heavy atom. The topological polar surface area (TPSA) is 59.8 Å². The van der Waals surface area contributed by atoms with Gasteiger partial charge in [-0.3, -0.25) is 4.79 Å². The van der Waals surface area contributed by atoms with Crippen molar-refractivity contribution in [1.29, 1.82) is 0 Å². The molecule has 1 aromatic heterocycles. The molecule has 0 spiro atoms. The second kappa shape index (κ2) is 9.21. The third kappa shape index (κ3) is 4.91. The van der Waals surface area contributed by atoms with Gasteiger partial charge in [0.1, 0.15) is 5.82 Å². The molecular weight excluding hydrogens is 399 g/mol. The lowest BCUT2D eigenvalue weighted by Gasteiger charge is -2.13. The summed E-state index contributed by atoms with van der Waals surface area (Å²) in [6, 6.07) is 13.5. The van der Waals surface area contributed by atoms with E-state index in [1.165, 1.54) is 17.8 Å². The second-order valence-electron chi connectivity index (χ2n) is 6.61. The predicted molar refractivity (Wildman–Crippen MR) is 111 cm³/mol. The monoisotopic (exact) mass is 418 g/mol. The predicted octanol–water partition coefficient (Wildman–Crippen LogP) is 5.12. The minimum absolute atomic E-state index is 0.138. The molecule has 1 N–H and O–H groups in total. The van der Waals surface area contributed by atoms with Crippen LogP contribution in [0.2, 0.25) is 5.02 Å². The van der Waals surface area contributed by atoms with E-state index in [4.69, 9.17) is 11.6 Å². The Balaban J connectivity index is 1.77. The summed E-state index contributed by atoms with van der Waals surface area (Å²) < 4.78 is 16.1. The highest BCUT2D eigenvalue weighted by atomic mass is 35.5. The number of benzene rings is 2. The molecule has 0 fully saturated rings. The number of nitrogens with zero attached hydrogens (tertiary/aromatic N) is 3. The number of carbonyl (C=O) groups is 1. The van der Waals surface area contributed by atoms with E-state index in [1.54, 1.807) is 42.5 Å². The molecule has 0 aliphatic carbocycles. The molecule has 0 radical (unpaired) electrons. The van der Waals surface area contributed by atoms with Crippen molar-refractivity contribution in [2.45, 2.75) is 25.5 Å². The minimum atomic E-state index is -0.354. The van der Waals surface area contributed by atoms with E-state index in [9.17, 15) is 9.18 Å². The van der Waals surface area contributed by atoms with Crippen LogP contribution in [0.25, 0.3) is 11.4 Å². The molecular formula is C20H20ClFN4OS. The highest BCUT2D eigenvalue weighted by Gasteiger charge is 2.19. The van der Waals surface area contributed by atoms with Gasteiger partial charge in [-0.15, -0.1) is 10.2 Å². The van der Waals surface area contributed by atoms with E-state index in [0.29, 0.717) is 39.7 Å². The van der Waals surface area contributed by atoms with Gasteiger partial charge in [0.2, 0.25) is 5.91 Å². The second-order valence-corrected chi connectivity index (χ2v) is 7.96. The maximum atomic E-state index is 14.2. The highest BCUT2D eigenvalue weighted by Crippen LogP contribution is 2.27. The van der Waals surface area contributed by atoms with Crippen LogP contribution >= 0.6 is 23.4 Å². The number of hydrogen-bond acceptors (Lipinski definition) is 4. The van der Waals surface area contributed by atoms with Gasteiger partial charge in [-0.25, -0.2) is 4.39 Å². The number of nitrogens with one attached hydrogen (secondary N) is 1. The largest absolute Gasteiger partial charge is 0.324 e. The lowest BCUT2D eigenvalue weighted by atomic mass is 10.2. The molecule has 0 aliphatic rings. The first-order chi connectivity index (χ1) is 13.5. The summed E-state index contributed by atoms with van der Waals surface area (Å²) in [6.07, 6.45) is 0. The van der Waals surface area contributed by atoms with Gasteiger partial charge < -0.3 is 9.88 Å². The Morgan fingerprint density at radius 3 is 2.61 bits per heavy atom. The Bertz CT molecular complexity index is 976. The average molecular weight is 419 g/mol. The molecule has 5 nitrogen and oxygen atoms in total. The van der Waals surface area contributed by atoms with Crippen LogP contribution in [-0.2, 0) is 11.3 Å². The van der Waals surface area contributed by atoms with Gasteiger partial charge in [-0.1, -0.05) is 61.5 Å². The number of rotatable bonds is 7. The molecule has 8 heteroatoms. The SMILES string of the molecule is CC(C)Cn1c(SCC(=O)Nc2ccccc2Cl)nnc1-c1ccccc1F. The summed E-state index contributed by atoms with van der Waals surface area (Å²) in [7, 11) is 0. The fourth-order valence-electron chi connectivity index (χ4n) is 2.65. The van der Waals surface area contributed by atoms with Crippen molar-refractivity contribution in [2.75, 3.05) is 11.1 Å². The molecule has 0 bridgehead atoms. The van der Waals surface area contributed by atoms with Crippen LogP contribution in [-0.4, -0.2) is 26.4 Å². The first-order valence-corrected chi connectivity index (χ1v) is 10.2. The van der Waals surface area contributed by atoms with Crippen LogP contribution in [0.5, 0.6) is 0 Å². The highest BCUT2D eigenvalue weighted by molar-refractivity contribution is 7.99. The van der Waals surface area contributed by atoms with Crippen LogP contribution in [0, 0.1) is 11.7 Å². The number of para-hydroxylation sites is 1. The van der Waals surface area contributed by atoms with Gasteiger partial charge in [0, 0.05) is 6.54 Å². The molecule has 3 aromatic rings. The number of halogens is 2. The lowest BCUT2D eigenvalue weighted by Crippen LogP contribution is -2.15. The van der Waals surface area contributed by atoms with Crippen molar-refractivity contribution < 1.29 is 9.18 Å². The van der Waals surface area contributed by atoms with E-state index in [0.717, 1.165) is 0 Å². The van der Waals surface area contributed by atoms with E-state index >= 15 is 0 Å². The molecule has 0 atom stereocenters. The van der Waals surface area contributed by atoms with Crippen molar-refractivity contribution in [3.05, 3.63) is 59.4 Å². The number of aromatic nitrogens is 3. The van der Waals surface area contributed by atoms with Crippen molar-refractivity contribution in [3.8, 4) is 11.4 Å². The summed E-state index contributed by atoms with van der Waals surface area (Å²) in [5, 5.41) is 12.2. The van der Waals surface area contributed by atoms with E-state index in [2.05, 4.69) is 29.4 Å². The zero-order valence-electron chi connectivity index (χ0n) is 15.5. The van der Waals surface area contributed by atoms with Crippen molar-refractivity contribution in [3.63, 3.8) is 0 Å². The molecule has 3 rings (SSSR count).